The van der Waals surface area contributed by atoms with Gasteiger partial charge in [-0.1, -0.05) is 24.0 Å². The monoisotopic (exact) mass is 243 g/mol. The summed E-state index contributed by atoms with van der Waals surface area (Å²) in [5, 5.41) is 10.9. The Morgan fingerprint density at radius 2 is 2.33 bits per heavy atom. The van der Waals surface area contributed by atoms with E-state index < -0.39 is 5.91 Å². The Labute approximate surface area is 96.4 Å². The van der Waals surface area contributed by atoms with Crippen molar-refractivity contribution in [1.29, 1.82) is 0 Å². The SMILES string of the molecule is CSC(=S)NNC(=O)c1ccc[n+]([O-])c1. The van der Waals surface area contributed by atoms with Crippen molar-refractivity contribution in [2.45, 2.75) is 0 Å². The zero-order chi connectivity index (χ0) is 11.3. The third-order valence-corrected chi connectivity index (χ3v) is 2.58. The van der Waals surface area contributed by atoms with E-state index >= 15 is 0 Å². The Hall–Kier alpha value is -1.34. The van der Waals surface area contributed by atoms with E-state index in [0.29, 0.717) is 9.05 Å². The van der Waals surface area contributed by atoms with E-state index in [1.807, 2.05) is 0 Å². The molecule has 15 heavy (non-hydrogen) atoms. The van der Waals surface area contributed by atoms with Crippen LogP contribution in [0.4, 0.5) is 0 Å². The van der Waals surface area contributed by atoms with Crippen LogP contribution in [-0.4, -0.2) is 16.5 Å². The van der Waals surface area contributed by atoms with Crippen LogP contribution in [0.25, 0.3) is 0 Å². The number of carbonyl (C=O) groups is 1. The summed E-state index contributed by atoms with van der Waals surface area (Å²) in [6, 6.07) is 3.03. The zero-order valence-electron chi connectivity index (χ0n) is 7.89. The average Bonchev–Trinajstić information content (AvgIpc) is 2.25. The van der Waals surface area contributed by atoms with Crippen LogP contribution in [-0.2, 0) is 0 Å². The van der Waals surface area contributed by atoms with Crippen molar-refractivity contribution in [3.63, 3.8) is 0 Å². The molecule has 1 aromatic heterocycles. The van der Waals surface area contributed by atoms with Crippen LogP contribution in [0.5, 0.6) is 0 Å². The predicted molar refractivity (Wildman–Crippen MR) is 62.1 cm³/mol. The van der Waals surface area contributed by atoms with Crippen molar-refractivity contribution in [3.8, 4) is 0 Å². The van der Waals surface area contributed by atoms with Gasteiger partial charge in [-0.2, -0.15) is 4.73 Å². The number of carbonyl (C=O) groups excluding carboxylic acids is 1. The number of nitrogens with zero attached hydrogens (tertiary/aromatic N) is 1. The fourth-order valence-electron chi connectivity index (χ4n) is 0.820. The van der Waals surface area contributed by atoms with Crippen LogP contribution in [0.1, 0.15) is 10.4 Å². The van der Waals surface area contributed by atoms with Crippen molar-refractivity contribution in [2.75, 3.05) is 6.26 Å². The highest BCUT2D eigenvalue weighted by atomic mass is 32.2. The van der Waals surface area contributed by atoms with E-state index in [1.54, 1.807) is 6.26 Å². The summed E-state index contributed by atoms with van der Waals surface area (Å²) < 4.78 is 1.01. The molecule has 0 saturated carbocycles. The summed E-state index contributed by atoms with van der Waals surface area (Å²) >= 11 is 6.12. The molecule has 0 radical (unpaired) electrons. The van der Waals surface area contributed by atoms with Gasteiger partial charge in [0, 0.05) is 6.07 Å². The second-order valence-electron chi connectivity index (χ2n) is 2.52. The van der Waals surface area contributed by atoms with Gasteiger partial charge in [-0.25, -0.2) is 0 Å². The molecule has 5 nitrogen and oxygen atoms in total. The van der Waals surface area contributed by atoms with Gasteiger partial charge in [0.15, 0.2) is 16.7 Å². The summed E-state index contributed by atoms with van der Waals surface area (Å²) in [7, 11) is 0. The lowest BCUT2D eigenvalue weighted by Gasteiger charge is -2.06. The molecular formula is C8H9N3O2S2. The largest absolute Gasteiger partial charge is 0.619 e. The lowest BCUT2D eigenvalue weighted by Crippen LogP contribution is -2.40. The quantitative estimate of drug-likeness (QED) is 0.319. The molecule has 0 aliphatic heterocycles. The molecule has 2 N–H and O–H groups in total. The minimum absolute atomic E-state index is 0.268. The van der Waals surface area contributed by atoms with Gasteiger partial charge in [-0.05, 0) is 12.3 Å². The van der Waals surface area contributed by atoms with E-state index in [4.69, 9.17) is 12.2 Å². The summed E-state index contributed by atoms with van der Waals surface area (Å²) in [6.07, 6.45) is 4.27. The van der Waals surface area contributed by atoms with Crippen LogP contribution in [0.2, 0.25) is 0 Å². The lowest BCUT2D eigenvalue weighted by molar-refractivity contribution is -0.605. The van der Waals surface area contributed by atoms with Crippen molar-refractivity contribution < 1.29 is 9.52 Å². The molecule has 80 valence electrons. The van der Waals surface area contributed by atoms with E-state index in [2.05, 4.69) is 10.9 Å². The summed E-state index contributed by atoms with van der Waals surface area (Å²) in [6.45, 7) is 0. The molecule has 0 aliphatic carbocycles. The fourth-order valence-corrected chi connectivity index (χ4v) is 1.02. The number of pyridine rings is 1. The third-order valence-electron chi connectivity index (χ3n) is 1.50. The number of hydrazine groups is 1. The van der Waals surface area contributed by atoms with Gasteiger partial charge in [-0.15, -0.1) is 0 Å². The third kappa shape index (κ3) is 3.72. The minimum Gasteiger partial charge on any atom is -0.619 e. The minimum atomic E-state index is -0.406. The molecule has 1 rings (SSSR count). The molecule has 0 fully saturated rings. The molecule has 1 heterocycles. The number of hydrogen-bond acceptors (Lipinski definition) is 4. The van der Waals surface area contributed by atoms with Crippen LogP contribution in [0, 0.1) is 5.21 Å². The van der Waals surface area contributed by atoms with Gasteiger partial charge in [0.05, 0.1) is 0 Å². The summed E-state index contributed by atoms with van der Waals surface area (Å²) in [5.41, 5.74) is 5.17. The number of rotatable bonds is 1. The number of amides is 1. The first-order valence-corrected chi connectivity index (χ1v) is 5.60. The van der Waals surface area contributed by atoms with Crippen LogP contribution >= 0.6 is 24.0 Å². The molecule has 0 spiro atoms. The number of aromatic nitrogens is 1. The number of hydrogen-bond donors (Lipinski definition) is 2. The van der Waals surface area contributed by atoms with Crippen LogP contribution in [0.15, 0.2) is 24.5 Å². The number of thiocarbonyl (C=S) groups is 1. The standard InChI is InChI=1S/C8H9N3O2S2/c1-15-8(14)10-9-7(12)6-3-2-4-11(13)5-6/h2-5H,1H3,(H,9,12)(H,10,14). The maximum Gasteiger partial charge on any atom is 0.275 e. The van der Waals surface area contributed by atoms with Crippen molar-refractivity contribution >= 4 is 34.2 Å². The zero-order valence-corrected chi connectivity index (χ0v) is 9.52. The highest BCUT2D eigenvalue weighted by Gasteiger charge is 2.07. The number of thioether (sulfide) groups is 1. The van der Waals surface area contributed by atoms with Crippen molar-refractivity contribution in [3.05, 3.63) is 35.3 Å². The Kier molecular flexibility index (Phi) is 4.32. The molecule has 0 bridgehead atoms. The first kappa shape index (κ1) is 11.7. The van der Waals surface area contributed by atoms with E-state index in [1.165, 1.54) is 36.3 Å². The first-order valence-electron chi connectivity index (χ1n) is 3.96. The van der Waals surface area contributed by atoms with Crippen LogP contribution < -0.4 is 15.6 Å². The van der Waals surface area contributed by atoms with Gasteiger partial charge in [0.1, 0.15) is 5.56 Å². The van der Waals surface area contributed by atoms with E-state index in [9.17, 15) is 10.0 Å². The smallest absolute Gasteiger partial charge is 0.275 e. The number of nitrogens with one attached hydrogen (secondary N) is 2. The van der Waals surface area contributed by atoms with E-state index in [-0.39, 0.29) is 5.56 Å². The second kappa shape index (κ2) is 5.52. The molecule has 0 unspecified atom stereocenters. The van der Waals surface area contributed by atoms with Gasteiger partial charge >= 0.3 is 0 Å². The summed E-state index contributed by atoms with van der Waals surface area (Å²) in [5.74, 6) is -0.406. The molecular weight excluding hydrogens is 234 g/mol. The molecule has 1 aromatic rings. The molecule has 7 heteroatoms. The molecule has 0 aromatic carbocycles. The Bertz CT molecular complexity index is 384. The maximum absolute atomic E-state index is 11.4. The lowest BCUT2D eigenvalue weighted by atomic mass is 10.3. The van der Waals surface area contributed by atoms with E-state index in [0.717, 1.165) is 0 Å². The second-order valence-corrected chi connectivity index (χ2v) is 4.01. The topological polar surface area (TPSA) is 68.1 Å². The molecule has 0 atom stereocenters. The summed E-state index contributed by atoms with van der Waals surface area (Å²) in [4.78, 5) is 11.4. The normalized spacial score (nSPS) is 9.40. The molecule has 1 amide bonds. The van der Waals surface area contributed by atoms with Crippen LogP contribution in [0.3, 0.4) is 0 Å². The Balaban J connectivity index is 2.58. The highest BCUT2D eigenvalue weighted by molar-refractivity contribution is 8.22. The average molecular weight is 243 g/mol. The first-order chi connectivity index (χ1) is 7.13. The van der Waals surface area contributed by atoms with Gasteiger partial charge in [-0.3, -0.25) is 15.6 Å². The van der Waals surface area contributed by atoms with Gasteiger partial charge in [0.2, 0.25) is 0 Å². The van der Waals surface area contributed by atoms with Gasteiger partial charge in [0.25, 0.3) is 5.91 Å². The Morgan fingerprint density at radius 1 is 1.60 bits per heavy atom. The fraction of sp³-hybridized carbons (Fsp3) is 0.125. The van der Waals surface area contributed by atoms with Crippen molar-refractivity contribution in [2.24, 2.45) is 0 Å². The molecule has 0 saturated heterocycles. The predicted octanol–water partition coefficient (Wildman–Crippen LogP) is 0.202. The molecule has 0 aliphatic rings. The highest BCUT2D eigenvalue weighted by Crippen LogP contribution is 1.95. The maximum atomic E-state index is 11.4. The van der Waals surface area contributed by atoms with Gasteiger partial charge < -0.3 is 5.21 Å². The van der Waals surface area contributed by atoms with Crippen molar-refractivity contribution in [1.82, 2.24) is 10.9 Å². The Morgan fingerprint density at radius 3 is 2.93 bits per heavy atom.